The number of nitrogens with zero attached hydrogens (tertiary/aromatic N) is 2. The van der Waals surface area contributed by atoms with Crippen LogP contribution in [-0.4, -0.2) is 48.8 Å². The zero-order chi connectivity index (χ0) is 22.4. The smallest absolute Gasteiger partial charge is 0.233 e. The van der Waals surface area contributed by atoms with Gasteiger partial charge in [-0.3, -0.25) is 4.79 Å². The standard InChI is InChI=1S/C21H27ClN4O4S/c1-31(29,30)18-7-6-15(11-17(18)22)16(10-14-4-2-3-5-14)21(28)26-20-13-24-19(12-25-20)23-8-9-27/h6-7,11-14,16,27H,2-5,8-10H2,1H3,(H,23,24)(H,25,26,28)/t16-/m1/s1. The van der Waals surface area contributed by atoms with Crippen LogP contribution in [0, 0.1) is 5.92 Å². The van der Waals surface area contributed by atoms with Gasteiger partial charge < -0.3 is 15.7 Å². The molecule has 1 aliphatic carbocycles. The van der Waals surface area contributed by atoms with Crippen LogP contribution in [-0.2, 0) is 14.6 Å². The highest BCUT2D eigenvalue weighted by molar-refractivity contribution is 7.90. The molecule has 0 aliphatic heterocycles. The van der Waals surface area contributed by atoms with Crippen LogP contribution in [0.2, 0.25) is 5.02 Å². The maximum atomic E-state index is 13.2. The van der Waals surface area contributed by atoms with E-state index in [-0.39, 0.29) is 22.4 Å². The summed E-state index contributed by atoms with van der Waals surface area (Å²) in [6.45, 7) is 0.331. The minimum Gasteiger partial charge on any atom is -0.395 e. The molecule has 2 aromatic rings. The summed E-state index contributed by atoms with van der Waals surface area (Å²) in [5, 5.41) is 14.7. The topological polar surface area (TPSA) is 121 Å². The molecule has 3 N–H and O–H groups in total. The minimum atomic E-state index is -3.45. The molecule has 0 saturated heterocycles. The molecule has 1 aliphatic rings. The summed E-state index contributed by atoms with van der Waals surface area (Å²) in [7, 11) is -3.45. The molecule has 8 nitrogen and oxygen atoms in total. The van der Waals surface area contributed by atoms with Gasteiger partial charge in [-0.2, -0.15) is 0 Å². The fourth-order valence-corrected chi connectivity index (χ4v) is 5.23. The lowest BCUT2D eigenvalue weighted by atomic mass is 9.87. The Morgan fingerprint density at radius 2 is 1.90 bits per heavy atom. The molecule has 1 amide bonds. The summed E-state index contributed by atoms with van der Waals surface area (Å²) < 4.78 is 23.8. The van der Waals surface area contributed by atoms with Crippen LogP contribution in [0.15, 0.2) is 35.5 Å². The monoisotopic (exact) mass is 466 g/mol. The second kappa shape index (κ2) is 10.4. The summed E-state index contributed by atoms with van der Waals surface area (Å²) in [5.41, 5.74) is 0.677. The number of amides is 1. The second-order valence-corrected chi connectivity index (χ2v) is 10.2. The summed E-state index contributed by atoms with van der Waals surface area (Å²) in [4.78, 5) is 21.6. The Bertz CT molecular complexity index is 1010. The quantitative estimate of drug-likeness (QED) is 0.518. The number of benzene rings is 1. The van der Waals surface area contributed by atoms with E-state index < -0.39 is 15.8 Å². The number of sulfone groups is 1. The Kier molecular flexibility index (Phi) is 7.85. The Morgan fingerprint density at radius 3 is 2.48 bits per heavy atom. The number of anilines is 2. The van der Waals surface area contributed by atoms with Crippen molar-refractivity contribution in [1.82, 2.24) is 9.97 Å². The Labute approximate surface area is 187 Å². The van der Waals surface area contributed by atoms with E-state index in [2.05, 4.69) is 20.6 Å². The Hall–Kier alpha value is -2.23. The van der Waals surface area contributed by atoms with Crippen molar-refractivity contribution in [2.75, 3.05) is 30.0 Å². The van der Waals surface area contributed by atoms with E-state index in [1.54, 1.807) is 12.1 Å². The lowest BCUT2D eigenvalue weighted by Gasteiger charge is -2.21. The van der Waals surface area contributed by atoms with E-state index in [0.717, 1.165) is 31.9 Å². The maximum absolute atomic E-state index is 13.2. The van der Waals surface area contributed by atoms with Crippen molar-refractivity contribution in [3.05, 3.63) is 41.2 Å². The van der Waals surface area contributed by atoms with Crippen molar-refractivity contribution >= 4 is 39.0 Å². The number of hydrogen-bond donors (Lipinski definition) is 3. The van der Waals surface area contributed by atoms with Gasteiger partial charge in [0.25, 0.3) is 0 Å². The van der Waals surface area contributed by atoms with Crippen LogP contribution < -0.4 is 10.6 Å². The number of halogens is 1. The molecule has 1 atom stereocenters. The van der Waals surface area contributed by atoms with Crippen LogP contribution in [0.1, 0.15) is 43.6 Å². The zero-order valence-electron chi connectivity index (χ0n) is 17.3. The molecule has 0 spiro atoms. The summed E-state index contributed by atoms with van der Waals surface area (Å²) in [6, 6.07) is 4.70. The van der Waals surface area contributed by atoms with E-state index in [4.69, 9.17) is 16.7 Å². The molecular weight excluding hydrogens is 440 g/mol. The van der Waals surface area contributed by atoms with Crippen molar-refractivity contribution in [3.8, 4) is 0 Å². The van der Waals surface area contributed by atoms with Gasteiger partial charge in [-0.05, 0) is 30.0 Å². The second-order valence-electron chi connectivity index (χ2n) is 7.83. The highest BCUT2D eigenvalue weighted by Gasteiger charge is 2.28. The van der Waals surface area contributed by atoms with E-state index in [1.165, 1.54) is 18.5 Å². The SMILES string of the molecule is CS(=O)(=O)c1ccc([C@@H](CC2CCCC2)C(=O)Nc2cnc(NCCO)cn2)cc1Cl. The van der Waals surface area contributed by atoms with Gasteiger partial charge in [-0.25, -0.2) is 18.4 Å². The lowest BCUT2D eigenvalue weighted by Crippen LogP contribution is -2.24. The molecule has 1 fully saturated rings. The van der Waals surface area contributed by atoms with Crippen LogP contribution in [0.25, 0.3) is 0 Å². The molecule has 1 aromatic heterocycles. The number of carbonyl (C=O) groups is 1. The Morgan fingerprint density at radius 1 is 1.23 bits per heavy atom. The fourth-order valence-electron chi connectivity index (χ4n) is 3.89. The Balaban J connectivity index is 1.81. The highest BCUT2D eigenvalue weighted by atomic mass is 35.5. The lowest BCUT2D eigenvalue weighted by molar-refractivity contribution is -0.118. The van der Waals surface area contributed by atoms with E-state index in [0.29, 0.717) is 36.1 Å². The number of aromatic nitrogens is 2. The molecule has 0 unspecified atom stereocenters. The van der Waals surface area contributed by atoms with Crippen molar-refractivity contribution in [2.45, 2.75) is 42.9 Å². The predicted octanol–water partition coefficient (Wildman–Crippen LogP) is 3.24. The minimum absolute atomic E-state index is 0.0241. The van der Waals surface area contributed by atoms with Gasteiger partial charge >= 0.3 is 0 Å². The van der Waals surface area contributed by atoms with Crippen LogP contribution >= 0.6 is 11.6 Å². The number of aliphatic hydroxyl groups excluding tert-OH is 1. The van der Waals surface area contributed by atoms with Gasteiger partial charge in [0.05, 0.1) is 34.8 Å². The summed E-state index contributed by atoms with van der Waals surface area (Å²) in [6.07, 6.45) is 9.15. The van der Waals surface area contributed by atoms with Crippen molar-refractivity contribution in [2.24, 2.45) is 5.92 Å². The molecule has 31 heavy (non-hydrogen) atoms. The number of nitrogens with one attached hydrogen (secondary N) is 2. The van der Waals surface area contributed by atoms with Crippen molar-refractivity contribution in [1.29, 1.82) is 0 Å². The number of hydrogen-bond acceptors (Lipinski definition) is 7. The molecule has 0 bridgehead atoms. The molecule has 1 saturated carbocycles. The average Bonchev–Trinajstić information content (AvgIpc) is 3.23. The molecule has 10 heteroatoms. The number of aliphatic hydroxyl groups is 1. The van der Waals surface area contributed by atoms with Crippen LogP contribution in [0.5, 0.6) is 0 Å². The van der Waals surface area contributed by atoms with Gasteiger partial charge in [0.2, 0.25) is 5.91 Å². The first-order chi connectivity index (χ1) is 14.8. The van der Waals surface area contributed by atoms with Crippen LogP contribution in [0.4, 0.5) is 11.6 Å². The molecular formula is C21H27ClN4O4S. The fraction of sp³-hybridized carbons (Fsp3) is 0.476. The summed E-state index contributed by atoms with van der Waals surface area (Å²) in [5.74, 6) is 0.524. The van der Waals surface area contributed by atoms with E-state index >= 15 is 0 Å². The van der Waals surface area contributed by atoms with Crippen molar-refractivity contribution in [3.63, 3.8) is 0 Å². The summed E-state index contributed by atoms with van der Waals surface area (Å²) >= 11 is 6.24. The van der Waals surface area contributed by atoms with Crippen LogP contribution in [0.3, 0.4) is 0 Å². The zero-order valence-corrected chi connectivity index (χ0v) is 18.9. The third-order valence-corrected chi connectivity index (χ3v) is 7.02. The maximum Gasteiger partial charge on any atom is 0.233 e. The van der Waals surface area contributed by atoms with Gasteiger partial charge in [0.1, 0.15) is 5.82 Å². The van der Waals surface area contributed by atoms with Crippen molar-refractivity contribution < 1.29 is 18.3 Å². The van der Waals surface area contributed by atoms with Gasteiger partial charge in [-0.15, -0.1) is 0 Å². The first-order valence-electron chi connectivity index (χ1n) is 10.2. The predicted molar refractivity (Wildman–Crippen MR) is 120 cm³/mol. The molecule has 1 aromatic carbocycles. The average molecular weight is 467 g/mol. The third-order valence-electron chi connectivity index (χ3n) is 5.44. The van der Waals surface area contributed by atoms with Gasteiger partial charge in [0.15, 0.2) is 15.7 Å². The first-order valence-corrected chi connectivity index (χ1v) is 12.5. The molecule has 1 heterocycles. The van der Waals surface area contributed by atoms with E-state index in [9.17, 15) is 13.2 Å². The molecule has 3 rings (SSSR count). The number of carbonyl (C=O) groups excluding carboxylic acids is 1. The molecule has 0 radical (unpaired) electrons. The first kappa shape index (κ1) is 23.4. The molecule has 168 valence electrons. The number of rotatable bonds is 9. The largest absolute Gasteiger partial charge is 0.395 e. The van der Waals surface area contributed by atoms with Gasteiger partial charge in [0, 0.05) is 12.8 Å². The van der Waals surface area contributed by atoms with Gasteiger partial charge in [-0.1, -0.05) is 43.4 Å². The van der Waals surface area contributed by atoms with E-state index in [1.807, 2.05) is 0 Å². The normalized spacial score (nSPS) is 15.6. The highest BCUT2D eigenvalue weighted by Crippen LogP contribution is 2.36. The third kappa shape index (κ3) is 6.38.